The fourth-order valence-electron chi connectivity index (χ4n) is 4.14. The number of hydrogen-bond donors (Lipinski definition) is 3. The molecule has 27 heavy (non-hydrogen) atoms. The first-order chi connectivity index (χ1) is 13.0. The maximum absolute atomic E-state index is 10.5. The highest BCUT2D eigenvalue weighted by molar-refractivity contribution is 5.93. The molecular weight excluding hydrogens is 346 g/mol. The maximum Gasteiger partial charge on any atom is 0.303 e. The Kier molecular flexibility index (Phi) is 9.28. The number of carbonyl (C=O) groups is 1. The van der Waals surface area contributed by atoms with Crippen molar-refractivity contribution in [3.8, 4) is 0 Å². The quantitative estimate of drug-likeness (QED) is 0.257. The third kappa shape index (κ3) is 6.92. The first kappa shape index (κ1) is 21.9. The molecule has 0 aromatic heterocycles. The summed E-state index contributed by atoms with van der Waals surface area (Å²) < 4.78 is 0. The average Bonchev–Trinajstić information content (AvgIpc) is 2.86. The summed E-state index contributed by atoms with van der Waals surface area (Å²) in [5.74, 6) is -0.128. The van der Waals surface area contributed by atoms with Crippen LogP contribution in [0.15, 0.2) is 17.3 Å². The van der Waals surface area contributed by atoms with Gasteiger partial charge in [-0.25, -0.2) is 0 Å². The molecule has 2 fully saturated rings. The number of unbranched alkanes of at least 4 members (excludes halogenated alkanes) is 4. The minimum atomic E-state index is -0.827. The van der Waals surface area contributed by atoms with Gasteiger partial charge in [0, 0.05) is 18.3 Å². The predicted molar refractivity (Wildman–Crippen MR) is 104 cm³/mol. The fourth-order valence-corrected chi connectivity index (χ4v) is 4.14. The zero-order valence-electron chi connectivity index (χ0n) is 16.4. The normalized spacial score (nSPS) is 29.7. The van der Waals surface area contributed by atoms with Crippen LogP contribution in [-0.4, -0.2) is 45.8 Å². The number of carboxylic acid groups (broad SMARTS) is 1. The van der Waals surface area contributed by atoms with Gasteiger partial charge in [0.25, 0.3) is 0 Å². The van der Waals surface area contributed by atoms with E-state index in [1.54, 1.807) is 0 Å². The molecule has 154 valence electrons. The van der Waals surface area contributed by atoms with Crippen molar-refractivity contribution < 1.29 is 25.0 Å². The second-order valence-corrected chi connectivity index (χ2v) is 7.92. The van der Waals surface area contributed by atoms with Crippen LogP contribution in [0.1, 0.15) is 71.1 Å². The molecule has 3 unspecified atom stereocenters. The molecular formula is C21H35NO5. The molecule has 0 radical (unpaired) electrons. The number of oxime groups is 1. The van der Waals surface area contributed by atoms with E-state index in [-0.39, 0.29) is 18.3 Å². The Morgan fingerprint density at radius 1 is 1.30 bits per heavy atom. The van der Waals surface area contributed by atoms with Gasteiger partial charge in [-0.3, -0.25) is 4.79 Å². The Balaban J connectivity index is 1.69. The van der Waals surface area contributed by atoms with Crippen LogP contribution in [0.2, 0.25) is 0 Å². The minimum absolute atomic E-state index is 0.0794. The van der Waals surface area contributed by atoms with Crippen molar-refractivity contribution in [1.82, 2.24) is 0 Å². The summed E-state index contributed by atoms with van der Waals surface area (Å²) >= 11 is 0. The first-order valence-electron chi connectivity index (χ1n) is 10.5. The molecule has 0 aromatic rings. The summed E-state index contributed by atoms with van der Waals surface area (Å²) in [4.78, 5) is 15.7. The predicted octanol–water partition coefficient (Wildman–Crippen LogP) is 3.52. The monoisotopic (exact) mass is 381 g/mol. The molecule has 0 saturated heterocycles. The van der Waals surface area contributed by atoms with E-state index in [1.165, 1.54) is 25.7 Å². The van der Waals surface area contributed by atoms with Gasteiger partial charge >= 0.3 is 5.97 Å². The molecule has 0 heterocycles. The van der Waals surface area contributed by atoms with Gasteiger partial charge < -0.3 is 20.2 Å². The van der Waals surface area contributed by atoms with Crippen LogP contribution in [-0.2, 0) is 9.63 Å². The standard InChI is InChI=1S/C21H35NO5/c1-2-3-4-5-6-8-15(23)10-11-16-17-13-19(18(17)14-20(16)24)22-27-12-7-9-21(25)26/h10-11,15-18,20,23-24H,2-9,12-14H2,1H3,(H,25,26)/t15?,16?,17-,18-,20?/m0/s1. The first-order valence-corrected chi connectivity index (χ1v) is 10.5. The number of aliphatic hydroxyl groups excluding tert-OH is 2. The van der Waals surface area contributed by atoms with E-state index in [0.29, 0.717) is 25.4 Å². The summed E-state index contributed by atoms with van der Waals surface area (Å²) in [6, 6.07) is 0. The largest absolute Gasteiger partial charge is 0.481 e. The smallest absolute Gasteiger partial charge is 0.303 e. The van der Waals surface area contributed by atoms with E-state index in [4.69, 9.17) is 9.94 Å². The SMILES string of the molecule is CCCCCCCC(O)C=CC1C(O)C[C@@H]2C(=NOCCCC(=O)O)C[C@@H]12. The van der Waals surface area contributed by atoms with E-state index < -0.39 is 18.2 Å². The van der Waals surface area contributed by atoms with Crippen molar-refractivity contribution >= 4 is 11.7 Å². The van der Waals surface area contributed by atoms with E-state index >= 15 is 0 Å². The van der Waals surface area contributed by atoms with Crippen LogP contribution < -0.4 is 0 Å². The number of nitrogens with zero attached hydrogens (tertiary/aromatic N) is 1. The Hall–Kier alpha value is -1.40. The highest BCUT2D eigenvalue weighted by Crippen LogP contribution is 2.49. The molecule has 2 aliphatic rings. The van der Waals surface area contributed by atoms with Gasteiger partial charge in [-0.2, -0.15) is 0 Å². The highest BCUT2D eigenvalue weighted by Gasteiger charge is 2.51. The lowest BCUT2D eigenvalue weighted by Crippen LogP contribution is -2.36. The zero-order chi connectivity index (χ0) is 19.6. The summed E-state index contributed by atoms with van der Waals surface area (Å²) in [7, 11) is 0. The second kappa shape index (κ2) is 11.4. The maximum atomic E-state index is 10.5. The van der Waals surface area contributed by atoms with Gasteiger partial charge in [-0.15, -0.1) is 0 Å². The van der Waals surface area contributed by atoms with Crippen molar-refractivity contribution in [3.05, 3.63) is 12.2 Å². The zero-order valence-corrected chi connectivity index (χ0v) is 16.4. The van der Waals surface area contributed by atoms with Crippen molar-refractivity contribution in [2.75, 3.05) is 6.61 Å². The molecule has 0 amide bonds. The molecule has 2 saturated carbocycles. The van der Waals surface area contributed by atoms with Gasteiger partial charge in [-0.05, 0) is 31.6 Å². The summed E-state index contributed by atoms with van der Waals surface area (Å²) in [6.07, 6.45) is 11.8. The summed E-state index contributed by atoms with van der Waals surface area (Å²) in [5, 5.41) is 33.2. The average molecular weight is 382 g/mol. The Morgan fingerprint density at radius 2 is 2.07 bits per heavy atom. The van der Waals surface area contributed by atoms with Gasteiger partial charge in [0.2, 0.25) is 0 Å². The highest BCUT2D eigenvalue weighted by atomic mass is 16.6. The number of fused-ring (bicyclic) bond motifs is 1. The molecule has 2 rings (SSSR count). The van der Waals surface area contributed by atoms with Crippen molar-refractivity contribution in [2.45, 2.75) is 83.3 Å². The molecule has 0 bridgehead atoms. The molecule has 3 N–H and O–H groups in total. The minimum Gasteiger partial charge on any atom is -0.481 e. The van der Waals surface area contributed by atoms with Crippen molar-refractivity contribution in [2.24, 2.45) is 22.9 Å². The van der Waals surface area contributed by atoms with Crippen LogP contribution in [0.3, 0.4) is 0 Å². The van der Waals surface area contributed by atoms with Crippen LogP contribution >= 0.6 is 0 Å². The molecule has 0 aliphatic heterocycles. The molecule has 0 aromatic carbocycles. The molecule has 0 spiro atoms. The number of aliphatic hydroxyl groups is 2. The summed E-state index contributed by atoms with van der Waals surface area (Å²) in [5.41, 5.74) is 0.974. The fraction of sp³-hybridized carbons (Fsp3) is 0.810. The van der Waals surface area contributed by atoms with Crippen LogP contribution in [0.4, 0.5) is 0 Å². The lowest BCUT2D eigenvalue weighted by Gasteiger charge is -2.34. The van der Waals surface area contributed by atoms with Crippen LogP contribution in [0.25, 0.3) is 0 Å². The van der Waals surface area contributed by atoms with E-state index in [2.05, 4.69) is 12.1 Å². The molecule has 6 nitrogen and oxygen atoms in total. The van der Waals surface area contributed by atoms with Gasteiger partial charge in [-0.1, -0.05) is 56.3 Å². The Morgan fingerprint density at radius 3 is 2.81 bits per heavy atom. The third-order valence-corrected chi connectivity index (χ3v) is 5.79. The van der Waals surface area contributed by atoms with E-state index in [1.807, 2.05) is 12.2 Å². The number of hydrogen-bond acceptors (Lipinski definition) is 5. The van der Waals surface area contributed by atoms with Gasteiger partial charge in [0.15, 0.2) is 0 Å². The Labute approximate surface area is 162 Å². The summed E-state index contributed by atoms with van der Waals surface area (Å²) in [6.45, 7) is 2.50. The number of rotatable bonds is 13. The molecule has 2 aliphatic carbocycles. The second-order valence-electron chi connectivity index (χ2n) is 7.92. The van der Waals surface area contributed by atoms with Crippen molar-refractivity contribution in [3.63, 3.8) is 0 Å². The van der Waals surface area contributed by atoms with Crippen LogP contribution in [0.5, 0.6) is 0 Å². The lowest BCUT2D eigenvalue weighted by molar-refractivity contribution is -0.137. The van der Waals surface area contributed by atoms with E-state index in [9.17, 15) is 15.0 Å². The van der Waals surface area contributed by atoms with Gasteiger partial charge in [0.05, 0.1) is 17.9 Å². The van der Waals surface area contributed by atoms with Gasteiger partial charge in [0.1, 0.15) is 6.61 Å². The van der Waals surface area contributed by atoms with Crippen molar-refractivity contribution in [1.29, 1.82) is 0 Å². The molecule has 5 atom stereocenters. The Bertz CT molecular complexity index is 519. The lowest BCUT2D eigenvalue weighted by atomic mass is 9.71. The number of carboxylic acids is 1. The topological polar surface area (TPSA) is 99.4 Å². The third-order valence-electron chi connectivity index (χ3n) is 5.79. The number of aliphatic carboxylic acids is 1. The molecule has 6 heteroatoms. The van der Waals surface area contributed by atoms with E-state index in [0.717, 1.165) is 25.0 Å². The van der Waals surface area contributed by atoms with Crippen LogP contribution in [0, 0.1) is 17.8 Å².